The highest BCUT2D eigenvalue weighted by Crippen LogP contribution is 2.24. The second-order valence-electron chi connectivity index (χ2n) is 4.72. The van der Waals surface area contributed by atoms with E-state index in [0.29, 0.717) is 25.9 Å². The van der Waals surface area contributed by atoms with Crippen molar-refractivity contribution in [3.63, 3.8) is 0 Å². The Balaban J connectivity index is 1.89. The summed E-state index contributed by atoms with van der Waals surface area (Å²) in [5.74, 6) is -3.00. The molecule has 0 amide bonds. The molecule has 0 spiro atoms. The van der Waals surface area contributed by atoms with Gasteiger partial charge in [-0.05, 0) is 25.7 Å². The number of nitrogens with zero attached hydrogens (tertiary/aromatic N) is 2. The smallest absolute Gasteiger partial charge is 0.366 e. The van der Waals surface area contributed by atoms with E-state index in [4.69, 9.17) is 4.84 Å². The number of carbonyl (C=O) groups excluding carboxylic acids is 2. The maximum Gasteiger partial charge on any atom is 0.492 e. The van der Waals surface area contributed by atoms with Crippen LogP contribution in [0.4, 0.5) is 13.2 Å². The molecule has 1 atom stereocenters. The molecule has 0 unspecified atom stereocenters. The van der Waals surface area contributed by atoms with E-state index in [-0.39, 0.29) is 6.54 Å². The molecule has 2 aliphatic heterocycles. The van der Waals surface area contributed by atoms with Gasteiger partial charge in [0.05, 0.1) is 0 Å². The summed E-state index contributed by atoms with van der Waals surface area (Å²) in [5, 5.41) is 2.23. The zero-order valence-electron chi connectivity index (χ0n) is 10.7. The number of alkyl halides is 3. The lowest BCUT2D eigenvalue weighted by Gasteiger charge is -2.23. The minimum atomic E-state index is -5.08. The molecule has 0 aromatic rings. The summed E-state index contributed by atoms with van der Waals surface area (Å²) in [6.45, 7) is 1.31. The van der Waals surface area contributed by atoms with Crippen LogP contribution in [0.15, 0.2) is 0 Å². The fourth-order valence-corrected chi connectivity index (χ4v) is 2.21. The number of rotatable bonds is 3. The van der Waals surface area contributed by atoms with Crippen LogP contribution in [0, 0.1) is 0 Å². The summed E-state index contributed by atoms with van der Waals surface area (Å²) < 4.78 is 36.4. The van der Waals surface area contributed by atoms with E-state index in [0.717, 1.165) is 17.9 Å². The normalized spacial score (nSPS) is 24.9. The first kappa shape index (κ1) is 15.0. The van der Waals surface area contributed by atoms with Gasteiger partial charge in [0.25, 0.3) is 0 Å². The highest BCUT2D eigenvalue weighted by Gasteiger charge is 2.45. The van der Waals surface area contributed by atoms with Crippen molar-refractivity contribution < 1.29 is 32.4 Å². The van der Waals surface area contributed by atoms with E-state index in [1.165, 1.54) is 5.06 Å². The average Bonchev–Trinajstić information content (AvgIpc) is 2.98. The molecule has 2 heterocycles. The molecular formula is C11H15F3N2O4. The van der Waals surface area contributed by atoms with Gasteiger partial charge < -0.3 is 9.68 Å². The molecule has 20 heavy (non-hydrogen) atoms. The predicted octanol–water partition coefficient (Wildman–Crippen LogP) is 1.03. The van der Waals surface area contributed by atoms with Gasteiger partial charge in [0, 0.05) is 19.6 Å². The average molecular weight is 296 g/mol. The summed E-state index contributed by atoms with van der Waals surface area (Å²) >= 11 is 0. The fourth-order valence-electron chi connectivity index (χ4n) is 2.21. The maximum absolute atomic E-state index is 12.1. The second kappa shape index (κ2) is 5.96. The minimum absolute atomic E-state index is 0.0849. The molecule has 0 aliphatic carbocycles. The first-order valence-electron chi connectivity index (χ1n) is 6.40. The van der Waals surface area contributed by atoms with Crippen LogP contribution >= 0.6 is 0 Å². The van der Waals surface area contributed by atoms with Gasteiger partial charge in [-0.15, -0.1) is 10.1 Å². The molecule has 9 heteroatoms. The Hall–Kier alpha value is -1.35. The zero-order chi connectivity index (χ0) is 14.8. The van der Waals surface area contributed by atoms with Crippen molar-refractivity contribution in [1.29, 1.82) is 0 Å². The Kier molecular flexibility index (Phi) is 4.48. The number of hydroxylamine groups is 4. The zero-order valence-corrected chi connectivity index (χ0v) is 10.7. The first-order valence-corrected chi connectivity index (χ1v) is 6.40. The lowest BCUT2D eigenvalue weighted by Crippen LogP contribution is -2.43. The van der Waals surface area contributed by atoms with Crippen molar-refractivity contribution in [1.82, 2.24) is 10.1 Å². The molecule has 0 radical (unpaired) electrons. The first-order chi connectivity index (χ1) is 9.38. The highest BCUT2D eigenvalue weighted by atomic mass is 19.4. The third-order valence-corrected chi connectivity index (χ3v) is 3.19. The van der Waals surface area contributed by atoms with Crippen LogP contribution in [-0.4, -0.2) is 53.9 Å². The number of carbonyl (C=O) groups is 2. The third kappa shape index (κ3) is 3.60. The molecule has 2 saturated heterocycles. The Morgan fingerprint density at radius 2 is 1.65 bits per heavy atom. The topological polar surface area (TPSA) is 59.1 Å². The van der Waals surface area contributed by atoms with Crippen molar-refractivity contribution in [2.45, 2.75) is 37.9 Å². The number of hydrogen-bond donors (Lipinski definition) is 0. The summed E-state index contributed by atoms with van der Waals surface area (Å²) in [7, 11) is 0. The van der Waals surface area contributed by atoms with E-state index < -0.39 is 24.2 Å². The summed E-state index contributed by atoms with van der Waals surface area (Å²) in [4.78, 5) is 31.9. The van der Waals surface area contributed by atoms with Crippen molar-refractivity contribution >= 4 is 11.9 Å². The Bertz CT molecular complexity index is 382. The van der Waals surface area contributed by atoms with Gasteiger partial charge in [0.1, 0.15) is 6.04 Å². The van der Waals surface area contributed by atoms with Crippen LogP contribution in [0.2, 0.25) is 0 Å². The van der Waals surface area contributed by atoms with Gasteiger partial charge in [-0.3, -0.25) is 0 Å². The van der Waals surface area contributed by atoms with E-state index in [9.17, 15) is 22.8 Å². The van der Waals surface area contributed by atoms with Crippen LogP contribution < -0.4 is 0 Å². The second-order valence-corrected chi connectivity index (χ2v) is 4.72. The van der Waals surface area contributed by atoms with Crippen LogP contribution in [0.1, 0.15) is 25.7 Å². The van der Waals surface area contributed by atoms with Crippen LogP contribution in [0.3, 0.4) is 0 Å². The van der Waals surface area contributed by atoms with Crippen LogP contribution in [-0.2, 0) is 19.3 Å². The van der Waals surface area contributed by atoms with Crippen molar-refractivity contribution in [3.8, 4) is 0 Å². The SMILES string of the molecule is O=C(ON1CCCC1)[C@@H]1CCCN1OC(=O)C(F)(F)F. The van der Waals surface area contributed by atoms with Gasteiger partial charge in [-0.25, -0.2) is 9.59 Å². The lowest BCUT2D eigenvalue weighted by atomic mass is 10.2. The van der Waals surface area contributed by atoms with Crippen molar-refractivity contribution in [2.24, 2.45) is 0 Å². The molecule has 0 bridgehead atoms. The van der Waals surface area contributed by atoms with Gasteiger partial charge in [0.15, 0.2) is 0 Å². The molecule has 2 rings (SSSR count). The fraction of sp³-hybridized carbons (Fsp3) is 0.818. The monoisotopic (exact) mass is 296 g/mol. The molecular weight excluding hydrogens is 281 g/mol. The molecule has 2 aliphatic rings. The van der Waals surface area contributed by atoms with Crippen molar-refractivity contribution in [3.05, 3.63) is 0 Å². The molecule has 0 saturated carbocycles. The molecule has 6 nitrogen and oxygen atoms in total. The van der Waals surface area contributed by atoms with Gasteiger partial charge in [0.2, 0.25) is 0 Å². The maximum atomic E-state index is 12.1. The van der Waals surface area contributed by atoms with E-state index in [1.54, 1.807) is 0 Å². The summed E-state index contributed by atoms with van der Waals surface area (Å²) in [5.41, 5.74) is 0. The standard InChI is InChI=1S/C11H15F3N2O4/c12-11(13,14)10(18)20-16-7-3-4-8(16)9(17)19-15-5-1-2-6-15/h8H,1-7H2/t8-/m0/s1. The molecule has 0 aromatic heterocycles. The quantitative estimate of drug-likeness (QED) is 0.775. The lowest BCUT2D eigenvalue weighted by molar-refractivity contribution is -0.246. The van der Waals surface area contributed by atoms with Crippen LogP contribution in [0.25, 0.3) is 0 Å². The van der Waals surface area contributed by atoms with Gasteiger partial charge in [-0.1, -0.05) is 0 Å². The largest absolute Gasteiger partial charge is 0.492 e. The minimum Gasteiger partial charge on any atom is -0.366 e. The van der Waals surface area contributed by atoms with E-state index in [2.05, 4.69) is 4.84 Å². The molecule has 0 aromatic carbocycles. The van der Waals surface area contributed by atoms with Gasteiger partial charge >= 0.3 is 18.1 Å². The van der Waals surface area contributed by atoms with E-state index >= 15 is 0 Å². The third-order valence-electron chi connectivity index (χ3n) is 3.19. The Morgan fingerprint density at radius 3 is 2.25 bits per heavy atom. The summed E-state index contributed by atoms with van der Waals surface area (Å²) in [6, 6.07) is -0.970. The summed E-state index contributed by atoms with van der Waals surface area (Å²) in [6.07, 6.45) is -2.50. The van der Waals surface area contributed by atoms with E-state index in [1.807, 2.05) is 0 Å². The predicted molar refractivity (Wildman–Crippen MR) is 58.8 cm³/mol. The van der Waals surface area contributed by atoms with Crippen LogP contribution in [0.5, 0.6) is 0 Å². The van der Waals surface area contributed by atoms with Gasteiger partial charge in [-0.2, -0.15) is 13.2 Å². The molecule has 2 fully saturated rings. The molecule has 114 valence electrons. The Labute approximate surface area is 113 Å². The Morgan fingerprint density at radius 1 is 1.00 bits per heavy atom. The van der Waals surface area contributed by atoms with Crippen molar-refractivity contribution in [2.75, 3.05) is 19.6 Å². The number of halogens is 3. The number of hydrogen-bond acceptors (Lipinski definition) is 6. The highest BCUT2D eigenvalue weighted by molar-refractivity contribution is 5.78. The molecule has 0 N–H and O–H groups in total.